The topological polar surface area (TPSA) is 68.3 Å². The summed E-state index contributed by atoms with van der Waals surface area (Å²) in [6.45, 7) is 5.48. The summed E-state index contributed by atoms with van der Waals surface area (Å²) in [6, 6.07) is 5.58. The van der Waals surface area contributed by atoms with Crippen LogP contribution in [0.1, 0.15) is 12.5 Å². The van der Waals surface area contributed by atoms with Gasteiger partial charge in [-0.25, -0.2) is 16.8 Å². The lowest BCUT2D eigenvalue weighted by Gasteiger charge is -2.03. The molecule has 0 amide bonds. The summed E-state index contributed by atoms with van der Waals surface area (Å²) in [5, 5.41) is 0. The van der Waals surface area contributed by atoms with Crippen molar-refractivity contribution in [3.63, 3.8) is 0 Å². The fourth-order valence-electron chi connectivity index (χ4n) is 1.08. The van der Waals surface area contributed by atoms with Crippen molar-refractivity contribution in [2.45, 2.75) is 11.8 Å². The minimum absolute atomic E-state index is 0.222. The Morgan fingerprint density at radius 2 is 1.50 bits per heavy atom. The Morgan fingerprint density at radius 3 is 1.81 bits per heavy atom. The van der Waals surface area contributed by atoms with Crippen LogP contribution in [-0.2, 0) is 17.7 Å². The van der Waals surface area contributed by atoms with E-state index in [2.05, 4.69) is 6.58 Å². The maximum Gasteiger partial charge on any atom is 0.281 e. The number of allylic oxidation sites excluding steroid dienone is 1. The third kappa shape index (κ3) is 2.33. The summed E-state index contributed by atoms with van der Waals surface area (Å²) in [6.07, 6.45) is 0.676. The first-order valence-electron chi connectivity index (χ1n) is 4.37. The fraction of sp³-hybridized carbons (Fsp3) is 0.200. The van der Waals surface area contributed by atoms with E-state index in [-0.39, 0.29) is 4.90 Å². The average molecular weight is 260 g/mol. The lowest BCUT2D eigenvalue weighted by Crippen LogP contribution is -2.13. The van der Waals surface area contributed by atoms with Crippen LogP contribution in [-0.4, -0.2) is 23.1 Å². The Labute approximate surface area is 94.9 Å². The predicted octanol–water partition coefficient (Wildman–Crippen LogP) is 1.45. The molecule has 0 bridgehead atoms. The lowest BCUT2D eigenvalue weighted by molar-refractivity contribution is 0.585. The monoisotopic (exact) mass is 260 g/mol. The van der Waals surface area contributed by atoms with Crippen molar-refractivity contribution in [2.24, 2.45) is 0 Å². The molecular formula is C10H12O4S2. The van der Waals surface area contributed by atoms with Crippen LogP contribution in [0, 0.1) is 0 Å². The quantitative estimate of drug-likeness (QED) is 0.771. The van der Waals surface area contributed by atoms with Crippen molar-refractivity contribution < 1.29 is 16.8 Å². The highest BCUT2D eigenvalue weighted by atomic mass is 33.2. The van der Waals surface area contributed by atoms with Gasteiger partial charge in [-0.15, -0.1) is 0 Å². The van der Waals surface area contributed by atoms with Crippen molar-refractivity contribution in [3.8, 4) is 0 Å². The second-order valence-corrected chi connectivity index (χ2v) is 9.38. The molecule has 0 aliphatic heterocycles. The third-order valence-corrected chi connectivity index (χ3v) is 6.65. The fourth-order valence-corrected chi connectivity index (χ4v) is 3.28. The zero-order valence-electron chi connectivity index (χ0n) is 8.97. The molecule has 0 unspecified atom stereocenters. The highest BCUT2D eigenvalue weighted by Gasteiger charge is 2.26. The molecule has 1 aromatic carbocycles. The van der Waals surface area contributed by atoms with Gasteiger partial charge in [0, 0.05) is 0 Å². The molecule has 1 rings (SSSR count). The predicted molar refractivity (Wildman–Crippen MR) is 63.2 cm³/mol. The molecule has 6 heteroatoms. The molecular weight excluding hydrogens is 248 g/mol. The van der Waals surface area contributed by atoms with E-state index >= 15 is 0 Å². The molecule has 0 radical (unpaired) electrons. The molecule has 0 saturated carbocycles. The largest absolute Gasteiger partial charge is 0.281 e. The molecule has 0 aliphatic carbocycles. The minimum Gasteiger partial charge on any atom is -0.213 e. The van der Waals surface area contributed by atoms with E-state index in [4.69, 9.17) is 0 Å². The maximum atomic E-state index is 11.5. The smallest absolute Gasteiger partial charge is 0.213 e. The molecule has 0 spiro atoms. The van der Waals surface area contributed by atoms with Crippen LogP contribution in [0.15, 0.2) is 35.7 Å². The standard InChI is InChI=1S/C10H12O4S2/c1-8(2)9-4-6-10(7-5-9)16(13,14)15(3,11)12/h4-7H,1H2,2-3H3. The first-order valence-corrected chi connectivity index (χ1v) is 8.26. The molecule has 0 saturated heterocycles. The molecule has 0 aliphatic rings. The highest BCUT2D eigenvalue weighted by Crippen LogP contribution is 2.19. The van der Waals surface area contributed by atoms with Crippen molar-refractivity contribution in [1.82, 2.24) is 0 Å². The molecule has 4 nitrogen and oxygen atoms in total. The normalized spacial score (nSPS) is 12.4. The van der Waals surface area contributed by atoms with E-state index in [0.717, 1.165) is 11.1 Å². The Balaban J connectivity index is 3.34. The minimum atomic E-state index is -4.28. The Hall–Kier alpha value is -1.14. The molecule has 0 heterocycles. The molecule has 1 aromatic rings. The summed E-state index contributed by atoms with van der Waals surface area (Å²) >= 11 is 0. The van der Waals surface area contributed by atoms with Crippen LogP contribution in [0.25, 0.3) is 5.57 Å². The van der Waals surface area contributed by atoms with Gasteiger partial charge in [0.25, 0.3) is 17.7 Å². The summed E-state index contributed by atoms with van der Waals surface area (Å²) in [5.74, 6) is 0. The molecule has 16 heavy (non-hydrogen) atoms. The first-order chi connectivity index (χ1) is 7.16. The SMILES string of the molecule is C=C(C)c1ccc(S(=O)(=O)S(C)(=O)=O)cc1. The van der Waals surface area contributed by atoms with Gasteiger partial charge < -0.3 is 0 Å². The van der Waals surface area contributed by atoms with Crippen LogP contribution < -0.4 is 0 Å². The lowest BCUT2D eigenvalue weighted by atomic mass is 10.1. The van der Waals surface area contributed by atoms with Crippen LogP contribution >= 0.6 is 0 Å². The van der Waals surface area contributed by atoms with Gasteiger partial charge in [-0.3, -0.25) is 0 Å². The van der Waals surface area contributed by atoms with E-state index < -0.39 is 17.7 Å². The van der Waals surface area contributed by atoms with Gasteiger partial charge in [-0.05, 0) is 24.6 Å². The van der Waals surface area contributed by atoms with Crippen LogP contribution in [0.3, 0.4) is 0 Å². The van der Waals surface area contributed by atoms with Crippen molar-refractivity contribution in [2.75, 3.05) is 6.26 Å². The second kappa shape index (κ2) is 4.03. The van der Waals surface area contributed by atoms with Gasteiger partial charge in [0.2, 0.25) is 0 Å². The van der Waals surface area contributed by atoms with Gasteiger partial charge >= 0.3 is 0 Å². The summed E-state index contributed by atoms with van der Waals surface area (Å²) in [4.78, 5) is -0.222. The number of rotatable bonds is 3. The maximum absolute atomic E-state index is 11.5. The summed E-state index contributed by atoms with van der Waals surface area (Å²) in [5.41, 5.74) is 1.55. The zero-order chi connectivity index (χ0) is 12.6. The van der Waals surface area contributed by atoms with Gasteiger partial charge in [-0.1, -0.05) is 24.3 Å². The summed E-state index contributed by atoms with van der Waals surface area (Å²) in [7, 11) is -8.42. The van der Waals surface area contributed by atoms with Crippen molar-refractivity contribution >= 4 is 23.3 Å². The van der Waals surface area contributed by atoms with E-state index in [9.17, 15) is 16.8 Å². The summed E-state index contributed by atoms with van der Waals surface area (Å²) < 4.78 is 45.2. The number of hydrogen-bond donors (Lipinski definition) is 0. The first kappa shape index (κ1) is 12.9. The molecule has 0 atom stereocenters. The van der Waals surface area contributed by atoms with Crippen LogP contribution in [0.4, 0.5) is 0 Å². The van der Waals surface area contributed by atoms with Crippen LogP contribution in [0.2, 0.25) is 0 Å². The molecule has 0 N–H and O–H groups in total. The van der Waals surface area contributed by atoms with E-state index in [0.29, 0.717) is 6.26 Å². The van der Waals surface area contributed by atoms with Gasteiger partial charge in [-0.2, -0.15) is 0 Å². The third-order valence-electron chi connectivity index (χ3n) is 2.03. The van der Waals surface area contributed by atoms with Crippen LogP contribution in [0.5, 0.6) is 0 Å². The van der Waals surface area contributed by atoms with E-state index in [1.54, 1.807) is 6.92 Å². The number of benzene rings is 1. The molecule has 0 aromatic heterocycles. The second-order valence-electron chi connectivity index (χ2n) is 3.46. The zero-order valence-corrected chi connectivity index (χ0v) is 10.6. The molecule has 88 valence electrons. The average Bonchev–Trinajstić information content (AvgIpc) is 2.16. The van der Waals surface area contributed by atoms with Gasteiger partial charge in [0.05, 0.1) is 11.2 Å². The molecule has 0 fully saturated rings. The van der Waals surface area contributed by atoms with E-state index in [1.165, 1.54) is 24.3 Å². The Morgan fingerprint density at radius 1 is 1.06 bits per heavy atom. The van der Waals surface area contributed by atoms with Gasteiger partial charge in [0.15, 0.2) is 0 Å². The van der Waals surface area contributed by atoms with Crippen molar-refractivity contribution in [1.29, 1.82) is 0 Å². The Bertz CT molecular complexity index is 607. The number of hydrogen-bond acceptors (Lipinski definition) is 4. The van der Waals surface area contributed by atoms with Crippen molar-refractivity contribution in [3.05, 3.63) is 36.4 Å². The Kier molecular flexibility index (Phi) is 3.25. The van der Waals surface area contributed by atoms with Gasteiger partial charge in [0.1, 0.15) is 0 Å². The highest BCUT2D eigenvalue weighted by molar-refractivity contribution is 8.66. The van der Waals surface area contributed by atoms with E-state index in [1.807, 2.05) is 0 Å².